The summed E-state index contributed by atoms with van der Waals surface area (Å²) in [5, 5.41) is 16.0. The number of rotatable bonds is 2. The van der Waals surface area contributed by atoms with E-state index in [9.17, 15) is 4.39 Å². The van der Waals surface area contributed by atoms with Crippen molar-refractivity contribution in [2.45, 2.75) is 6.54 Å². The van der Waals surface area contributed by atoms with Crippen LogP contribution in [0.5, 0.6) is 0 Å². The lowest BCUT2D eigenvalue weighted by Gasteiger charge is -2.05. The molecule has 5 nitrogen and oxygen atoms in total. The molecule has 2 rings (SSSR count). The minimum atomic E-state index is -0.528. The summed E-state index contributed by atoms with van der Waals surface area (Å²) in [7, 11) is 0. The van der Waals surface area contributed by atoms with E-state index in [2.05, 4.69) is 10.3 Å². The summed E-state index contributed by atoms with van der Waals surface area (Å²) in [5.41, 5.74) is 6.56. The predicted octanol–water partition coefficient (Wildman–Crippen LogP) is 0.737. The molecule has 0 spiro atoms. The van der Waals surface area contributed by atoms with E-state index < -0.39 is 5.82 Å². The minimum Gasteiger partial charge on any atom is -0.325 e. The Kier molecular flexibility index (Phi) is 2.62. The van der Waals surface area contributed by atoms with Crippen LogP contribution in [-0.4, -0.2) is 15.0 Å². The lowest BCUT2D eigenvalue weighted by Crippen LogP contribution is -2.08. The third-order valence-electron chi connectivity index (χ3n) is 2.13. The van der Waals surface area contributed by atoms with Gasteiger partial charge in [-0.05, 0) is 18.2 Å². The molecule has 0 radical (unpaired) electrons. The summed E-state index contributed by atoms with van der Waals surface area (Å²) < 4.78 is 15.0. The molecule has 6 heteroatoms. The summed E-state index contributed by atoms with van der Waals surface area (Å²) in [6.07, 6.45) is 1.47. The zero-order chi connectivity index (χ0) is 11.5. The van der Waals surface area contributed by atoms with Gasteiger partial charge in [0.2, 0.25) is 0 Å². The summed E-state index contributed by atoms with van der Waals surface area (Å²) in [5.74, 6) is -0.528. The highest BCUT2D eigenvalue weighted by Gasteiger charge is 2.10. The summed E-state index contributed by atoms with van der Waals surface area (Å²) >= 11 is 0. The number of nitrogens with zero attached hydrogens (tertiary/aromatic N) is 4. The topological polar surface area (TPSA) is 80.5 Å². The van der Waals surface area contributed by atoms with Crippen molar-refractivity contribution in [2.75, 3.05) is 0 Å². The predicted molar refractivity (Wildman–Crippen MR) is 53.9 cm³/mol. The maximum atomic E-state index is 13.6. The smallest absolute Gasteiger partial charge is 0.150 e. The molecule has 0 saturated heterocycles. The Bertz CT molecular complexity index is 555. The van der Waals surface area contributed by atoms with Crippen molar-refractivity contribution in [3.8, 4) is 11.8 Å². The molecule has 0 fully saturated rings. The first-order valence-electron chi connectivity index (χ1n) is 4.56. The average Bonchev–Trinajstić information content (AvgIpc) is 2.76. The second kappa shape index (κ2) is 4.08. The highest BCUT2D eigenvalue weighted by molar-refractivity contribution is 5.40. The van der Waals surface area contributed by atoms with Gasteiger partial charge in [-0.15, -0.1) is 5.10 Å². The van der Waals surface area contributed by atoms with Crippen LogP contribution in [0.4, 0.5) is 4.39 Å². The van der Waals surface area contributed by atoms with Gasteiger partial charge < -0.3 is 5.73 Å². The number of benzene rings is 1. The fourth-order valence-corrected chi connectivity index (χ4v) is 1.35. The Balaban J connectivity index is 2.53. The maximum Gasteiger partial charge on any atom is 0.150 e. The molecule has 0 amide bonds. The number of nitriles is 1. The van der Waals surface area contributed by atoms with Crippen molar-refractivity contribution in [3.63, 3.8) is 0 Å². The Morgan fingerprint density at radius 2 is 2.31 bits per heavy atom. The van der Waals surface area contributed by atoms with Gasteiger partial charge in [0.25, 0.3) is 0 Å². The van der Waals surface area contributed by atoms with Gasteiger partial charge in [-0.1, -0.05) is 5.21 Å². The van der Waals surface area contributed by atoms with E-state index in [1.165, 1.54) is 23.0 Å². The second-order valence-corrected chi connectivity index (χ2v) is 3.12. The van der Waals surface area contributed by atoms with E-state index in [4.69, 9.17) is 11.0 Å². The molecule has 1 aromatic heterocycles. The zero-order valence-electron chi connectivity index (χ0n) is 8.26. The lowest BCUT2D eigenvalue weighted by atomic mass is 10.2. The molecule has 16 heavy (non-hydrogen) atoms. The number of halogens is 1. The van der Waals surface area contributed by atoms with Gasteiger partial charge in [0.15, 0.2) is 0 Å². The molecule has 80 valence electrons. The van der Waals surface area contributed by atoms with Crippen LogP contribution >= 0.6 is 0 Å². The normalized spacial score (nSPS) is 10.1. The molecule has 0 bridgehead atoms. The van der Waals surface area contributed by atoms with E-state index in [-0.39, 0.29) is 17.8 Å². The van der Waals surface area contributed by atoms with Crippen LogP contribution in [0.25, 0.3) is 5.69 Å². The Morgan fingerprint density at radius 1 is 1.50 bits per heavy atom. The van der Waals surface area contributed by atoms with Gasteiger partial charge in [-0.25, -0.2) is 9.07 Å². The van der Waals surface area contributed by atoms with Crippen molar-refractivity contribution in [3.05, 3.63) is 41.5 Å². The minimum absolute atomic E-state index is 0.215. The molecule has 0 unspecified atom stereocenters. The van der Waals surface area contributed by atoms with E-state index in [0.29, 0.717) is 5.69 Å². The number of aromatic nitrogens is 3. The SMILES string of the molecule is N#Cc1ccc(-n2nncc2CN)c(F)c1. The van der Waals surface area contributed by atoms with Gasteiger partial charge in [0, 0.05) is 6.54 Å². The number of nitrogens with two attached hydrogens (primary N) is 1. The van der Waals surface area contributed by atoms with Gasteiger partial charge in [0.1, 0.15) is 11.5 Å². The van der Waals surface area contributed by atoms with Crippen LogP contribution < -0.4 is 5.73 Å². The first-order chi connectivity index (χ1) is 7.76. The molecule has 2 aromatic rings. The number of hydrogen-bond acceptors (Lipinski definition) is 4. The van der Waals surface area contributed by atoms with Crippen LogP contribution in [0.15, 0.2) is 24.4 Å². The monoisotopic (exact) mass is 217 g/mol. The van der Waals surface area contributed by atoms with Crippen molar-refractivity contribution < 1.29 is 4.39 Å². The van der Waals surface area contributed by atoms with Gasteiger partial charge in [-0.2, -0.15) is 5.26 Å². The van der Waals surface area contributed by atoms with Crippen molar-refractivity contribution in [1.29, 1.82) is 5.26 Å². The van der Waals surface area contributed by atoms with Gasteiger partial charge in [0.05, 0.1) is 23.5 Å². The molecule has 1 aromatic carbocycles. The van der Waals surface area contributed by atoms with E-state index in [0.717, 1.165) is 6.07 Å². The fourth-order valence-electron chi connectivity index (χ4n) is 1.35. The fraction of sp³-hybridized carbons (Fsp3) is 0.100. The van der Waals surface area contributed by atoms with Gasteiger partial charge in [-0.3, -0.25) is 0 Å². The Labute approximate surface area is 90.9 Å². The zero-order valence-corrected chi connectivity index (χ0v) is 8.26. The summed E-state index contributed by atoms with van der Waals surface area (Å²) in [6.45, 7) is 0.215. The molecule has 0 atom stereocenters. The van der Waals surface area contributed by atoms with Crippen molar-refractivity contribution in [1.82, 2.24) is 15.0 Å². The standard InChI is InChI=1S/C10H8FN5/c11-9-3-7(4-12)1-2-10(9)16-8(5-13)6-14-15-16/h1-3,6H,5,13H2. The summed E-state index contributed by atoms with van der Waals surface area (Å²) in [6, 6.07) is 6.00. The van der Waals surface area contributed by atoms with Crippen LogP contribution in [-0.2, 0) is 6.54 Å². The molecular weight excluding hydrogens is 209 g/mol. The van der Waals surface area contributed by atoms with Crippen LogP contribution in [0.1, 0.15) is 11.3 Å². The van der Waals surface area contributed by atoms with Crippen LogP contribution in [0.2, 0.25) is 0 Å². The molecule has 0 aliphatic heterocycles. The maximum absolute atomic E-state index is 13.6. The van der Waals surface area contributed by atoms with Gasteiger partial charge >= 0.3 is 0 Å². The molecule has 2 N–H and O–H groups in total. The average molecular weight is 217 g/mol. The highest BCUT2D eigenvalue weighted by Crippen LogP contribution is 2.15. The molecule has 0 aliphatic rings. The third-order valence-corrected chi connectivity index (χ3v) is 2.13. The molecule has 0 aliphatic carbocycles. The van der Waals surface area contributed by atoms with Crippen LogP contribution in [0.3, 0.4) is 0 Å². The van der Waals surface area contributed by atoms with E-state index in [1.54, 1.807) is 0 Å². The quantitative estimate of drug-likeness (QED) is 0.804. The van der Waals surface area contributed by atoms with Crippen molar-refractivity contribution >= 4 is 0 Å². The van der Waals surface area contributed by atoms with Crippen LogP contribution in [0, 0.1) is 17.1 Å². The molecule has 0 saturated carbocycles. The van der Waals surface area contributed by atoms with Crippen molar-refractivity contribution in [2.24, 2.45) is 5.73 Å². The Morgan fingerprint density at radius 3 is 2.94 bits per heavy atom. The Hall–Kier alpha value is -2.26. The first-order valence-corrected chi connectivity index (χ1v) is 4.56. The summed E-state index contributed by atoms with van der Waals surface area (Å²) in [4.78, 5) is 0. The molecule has 1 heterocycles. The van der Waals surface area contributed by atoms with E-state index >= 15 is 0 Å². The number of hydrogen-bond donors (Lipinski definition) is 1. The second-order valence-electron chi connectivity index (χ2n) is 3.12. The molecular formula is C10H8FN5. The lowest BCUT2D eigenvalue weighted by molar-refractivity contribution is 0.602. The third kappa shape index (κ3) is 1.64. The largest absolute Gasteiger partial charge is 0.325 e. The van der Waals surface area contributed by atoms with E-state index in [1.807, 2.05) is 6.07 Å². The first kappa shape index (κ1) is 10.3. The highest BCUT2D eigenvalue weighted by atomic mass is 19.1.